The minimum atomic E-state index is -0.130. The lowest BCUT2D eigenvalue weighted by atomic mass is 9.96. The molecule has 0 N–H and O–H groups in total. The molecule has 9 rings (SSSR count). The first-order valence-corrected chi connectivity index (χ1v) is 16.2. The molecular weight excluding hydrogens is 593 g/mol. The highest BCUT2D eigenvalue weighted by Crippen LogP contribution is 2.43. The normalized spacial score (nSPS) is 13.0. The SMILES string of the molecule is Cc1cccc(-c2ncc(-n3ncc4cc(-c5cccnc5-c5ccc(F)c(C6CC6)c5)ccc43)cc2-c2ccc3ccncc3c2)c1. The van der Waals surface area contributed by atoms with Gasteiger partial charge in [0.1, 0.15) is 5.82 Å². The van der Waals surface area contributed by atoms with E-state index in [9.17, 15) is 4.39 Å². The van der Waals surface area contributed by atoms with Crippen LogP contribution in [0.5, 0.6) is 0 Å². The van der Waals surface area contributed by atoms with Crippen molar-refractivity contribution in [2.75, 3.05) is 0 Å². The van der Waals surface area contributed by atoms with Crippen molar-refractivity contribution in [3.8, 4) is 50.5 Å². The highest BCUT2D eigenvalue weighted by atomic mass is 19.1. The molecule has 4 aromatic carbocycles. The maximum absolute atomic E-state index is 14.6. The van der Waals surface area contributed by atoms with Crippen LogP contribution in [0.1, 0.15) is 29.9 Å². The van der Waals surface area contributed by atoms with Gasteiger partial charge in [0.05, 0.1) is 35.0 Å². The third kappa shape index (κ3) is 5.03. The number of aryl methyl sites for hydroxylation is 1. The molecule has 6 heteroatoms. The Morgan fingerprint density at radius 1 is 0.625 bits per heavy atom. The molecule has 1 aliphatic rings. The van der Waals surface area contributed by atoms with Crippen LogP contribution in [0.15, 0.2) is 134 Å². The fourth-order valence-electron chi connectivity index (χ4n) is 6.74. The van der Waals surface area contributed by atoms with Crippen LogP contribution in [0.25, 0.3) is 72.1 Å². The number of fused-ring (bicyclic) bond motifs is 2. The zero-order valence-corrected chi connectivity index (χ0v) is 26.3. The van der Waals surface area contributed by atoms with E-state index >= 15 is 0 Å². The van der Waals surface area contributed by atoms with Crippen molar-refractivity contribution >= 4 is 21.7 Å². The molecule has 0 spiro atoms. The van der Waals surface area contributed by atoms with Gasteiger partial charge in [-0.05, 0) is 108 Å². The summed E-state index contributed by atoms with van der Waals surface area (Å²) < 4.78 is 16.5. The molecule has 0 radical (unpaired) electrons. The molecule has 0 saturated heterocycles. The van der Waals surface area contributed by atoms with Gasteiger partial charge in [-0.1, -0.05) is 48.0 Å². The van der Waals surface area contributed by atoms with Crippen molar-refractivity contribution in [3.05, 3.63) is 151 Å². The van der Waals surface area contributed by atoms with E-state index in [-0.39, 0.29) is 5.82 Å². The fourth-order valence-corrected chi connectivity index (χ4v) is 6.74. The number of pyridine rings is 3. The highest BCUT2D eigenvalue weighted by molar-refractivity contribution is 5.92. The van der Waals surface area contributed by atoms with Crippen molar-refractivity contribution in [1.29, 1.82) is 0 Å². The Morgan fingerprint density at radius 3 is 2.33 bits per heavy atom. The number of hydrogen-bond acceptors (Lipinski definition) is 4. The molecule has 48 heavy (non-hydrogen) atoms. The van der Waals surface area contributed by atoms with Gasteiger partial charge < -0.3 is 0 Å². The van der Waals surface area contributed by atoms with Crippen LogP contribution in [-0.4, -0.2) is 24.7 Å². The lowest BCUT2D eigenvalue weighted by Gasteiger charge is -2.14. The van der Waals surface area contributed by atoms with E-state index in [0.29, 0.717) is 5.92 Å². The minimum absolute atomic E-state index is 0.130. The Labute approximate surface area is 277 Å². The first-order chi connectivity index (χ1) is 23.6. The number of hydrogen-bond donors (Lipinski definition) is 0. The summed E-state index contributed by atoms with van der Waals surface area (Å²) in [6.07, 6.45) is 11.4. The number of halogens is 1. The van der Waals surface area contributed by atoms with E-state index in [1.807, 2.05) is 53.7 Å². The van der Waals surface area contributed by atoms with Gasteiger partial charge in [0.15, 0.2) is 0 Å². The van der Waals surface area contributed by atoms with Crippen LogP contribution in [-0.2, 0) is 0 Å². The molecule has 0 unspecified atom stereocenters. The Bertz CT molecular complexity index is 2510. The van der Waals surface area contributed by atoms with Gasteiger partial charge in [0.25, 0.3) is 0 Å². The van der Waals surface area contributed by atoms with Gasteiger partial charge in [-0.15, -0.1) is 0 Å². The van der Waals surface area contributed by atoms with Crippen LogP contribution in [0.3, 0.4) is 0 Å². The third-order valence-electron chi connectivity index (χ3n) is 9.33. The topological polar surface area (TPSA) is 56.5 Å². The first-order valence-electron chi connectivity index (χ1n) is 16.2. The quantitative estimate of drug-likeness (QED) is 0.185. The van der Waals surface area contributed by atoms with Gasteiger partial charge in [0, 0.05) is 51.6 Å². The van der Waals surface area contributed by atoms with Crippen LogP contribution >= 0.6 is 0 Å². The van der Waals surface area contributed by atoms with Crippen LogP contribution in [0.2, 0.25) is 0 Å². The van der Waals surface area contributed by atoms with Gasteiger partial charge in [-0.2, -0.15) is 5.10 Å². The van der Waals surface area contributed by atoms with Crippen molar-refractivity contribution in [1.82, 2.24) is 24.7 Å². The van der Waals surface area contributed by atoms with Crippen LogP contribution in [0.4, 0.5) is 4.39 Å². The van der Waals surface area contributed by atoms with Gasteiger partial charge in [-0.3, -0.25) is 15.0 Å². The van der Waals surface area contributed by atoms with Crippen molar-refractivity contribution in [3.63, 3.8) is 0 Å². The maximum Gasteiger partial charge on any atom is 0.126 e. The van der Waals surface area contributed by atoms with E-state index < -0.39 is 0 Å². The summed E-state index contributed by atoms with van der Waals surface area (Å²) in [6.45, 7) is 2.10. The predicted molar refractivity (Wildman–Crippen MR) is 190 cm³/mol. The molecule has 0 aliphatic heterocycles. The molecule has 0 atom stereocenters. The maximum atomic E-state index is 14.6. The average molecular weight is 624 g/mol. The molecule has 0 amide bonds. The van der Waals surface area contributed by atoms with Crippen molar-refractivity contribution < 1.29 is 4.39 Å². The third-order valence-corrected chi connectivity index (χ3v) is 9.33. The Morgan fingerprint density at radius 2 is 1.44 bits per heavy atom. The molecule has 1 aliphatic carbocycles. The minimum Gasteiger partial charge on any atom is -0.264 e. The molecule has 230 valence electrons. The molecule has 4 heterocycles. The molecule has 1 fully saturated rings. The van der Waals surface area contributed by atoms with Crippen molar-refractivity contribution in [2.24, 2.45) is 0 Å². The number of rotatable bonds is 6. The first kappa shape index (κ1) is 28.2. The summed E-state index contributed by atoms with van der Waals surface area (Å²) in [5.74, 6) is 0.188. The standard InChI is InChI=1S/C42H30FN5/c1-26-4-2-5-31(18-26)42-38(30-10-7-27-15-17-44-23-33(27)19-30)22-35(25-46-42)48-40-14-12-29(20-34(40)24-47-48)36-6-3-16-45-41(36)32-11-13-39(43)37(21-32)28-8-9-28/h2-7,10-25,28H,8-9H2,1H3. The van der Waals surface area contributed by atoms with Gasteiger partial charge in [0.2, 0.25) is 0 Å². The van der Waals surface area contributed by atoms with E-state index in [1.54, 1.807) is 12.3 Å². The van der Waals surface area contributed by atoms with E-state index in [0.717, 1.165) is 90.5 Å². The van der Waals surface area contributed by atoms with Gasteiger partial charge in [-0.25, -0.2) is 9.07 Å². The number of benzene rings is 4. The monoisotopic (exact) mass is 623 g/mol. The van der Waals surface area contributed by atoms with Crippen molar-refractivity contribution in [2.45, 2.75) is 25.7 Å². The lowest BCUT2D eigenvalue weighted by molar-refractivity contribution is 0.611. The summed E-state index contributed by atoms with van der Waals surface area (Å²) in [6, 6.07) is 34.9. The van der Waals surface area contributed by atoms with E-state index in [1.165, 1.54) is 5.56 Å². The largest absolute Gasteiger partial charge is 0.264 e. The highest BCUT2D eigenvalue weighted by Gasteiger charge is 2.27. The van der Waals surface area contributed by atoms with E-state index in [2.05, 4.69) is 84.7 Å². The van der Waals surface area contributed by atoms with Crippen LogP contribution < -0.4 is 0 Å². The summed E-state index contributed by atoms with van der Waals surface area (Å²) in [5, 5.41) is 8.06. The second-order valence-electron chi connectivity index (χ2n) is 12.6. The smallest absolute Gasteiger partial charge is 0.126 e. The zero-order valence-electron chi connectivity index (χ0n) is 26.3. The number of aromatic nitrogens is 5. The Kier molecular flexibility index (Phi) is 6.68. The van der Waals surface area contributed by atoms with Gasteiger partial charge >= 0.3 is 0 Å². The molecule has 5 nitrogen and oxygen atoms in total. The lowest BCUT2D eigenvalue weighted by Crippen LogP contribution is -2.00. The van der Waals surface area contributed by atoms with Crippen LogP contribution in [0, 0.1) is 12.7 Å². The summed E-state index contributed by atoms with van der Waals surface area (Å²) >= 11 is 0. The summed E-state index contributed by atoms with van der Waals surface area (Å²) in [4.78, 5) is 14.1. The molecule has 8 aromatic rings. The Hall–Kier alpha value is -6.01. The zero-order chi connectivity index (χ0) is 32.2. The molecule has 1 saturated carbocycles. The second kappa shape index (κ2) is 11.4. The second-order valence-corrected chi connectivity index (χ2v) is 12.6. The summed E-state index contributed by atoms with van der Waals surface area (Å²) in [5.41, 5.74) is 11.7. The molecule has 0 bridgehead atoms. The molecule has 4 aromatic heterocycles. The fraction of sp³-hybridized carbons (Fsp3) is 0.0952. The number of nitrogens with zero attached hydrogens (tertiary/aromatic N) is 5. The molecular formula is C42H30FN5. The van der Waals surface area contributed by atoms with E-state index in [4.69, 9.17) is 15.1 Å². The predicted octanol–water partition coefficient (Wildman–Crippen LogP) is 10.4. The average Bonchev–Trinajstić information content (AvgIpc) is 3.89. The summed E-state index contributed by atoms with van der Waals surface area (Å²) in [7, 11) is 0. The Balaban J connectivity index is 1.14.